The summed E-state index contributed by atoms with van der Waals surface area (Å²) in [6.07, 6.45) is -2.14. The smallest absolute Gasteiger partial charge is 0.343 e. The molecule has 2 aromatic carbocycles. The molecule has 0 N–H and O–H groups in total. The summed E-state index contributed by atoms with van der Waals surface area (Å²) in [5, 5.41) is 0. The highest BCUT2D eigenvalue weighted by Gasteiger charge is 2.67. The lowest BCUT2D eigenvalue weighted by Crippen LogP contribution is -2.56. The fourth-order valence-electron chi connectivity index (χ4n) is 3.99. The van der Waals surface area contributed by atoms with Crippen LogP contribution in [0.4, 0.5) is 0 Å². The van der Waals surface area contributed by atoms with E-state index in [2.05, 4.69) is 0 Å². The maximum Gasteiger partial charge on any atom is 0.343 e. The second-order valence-electron chi connectivity index (χ2n) is 8.16. The molecule has 0 bridgehead atoms. The van der Waals surface area contributed by atoms with Gasteiger partial charge in [-0.05, 0) is 25.0 Å². The van der Waals surface area contributed by atoms with Gasteiger partial charge < -0.3 is 28.4 Å². The van der Waals surface area contributed by atoms with Gasteiger partial charge in [0.2, 0.25) is 5.60 Å². The molecule has 3 unspecified atom stereocenters. The van der Waals surface area contributed by atoms with E-state index in [0.717, 1.165) is 11.1 Å². The molecule has 0 amide bonds. The summed E-state index contributed by atoms with van der Waals surface area (Å²) in [7, 11) is 1.32. The Hall–Kier alpha value is -2.29. The summed E-state index contributed by atoms with van der Waals surface area (Å²) in [6, 6.07) is 19.4. The fourth-order valence-corrected chi connectivity index (χ4v) is 3.99. The zero-order valence-electron chi connectivity index (χ0n) is 18.0. The first-order valence-corrected chi connectivity index (χ1v) is 10.3. The molecule has 0 aromatic heterocycles. The Bertz CT molecular complexity index is 870. The topological polar surface area (TPSA) is 72.5 Å². The minimum atomic E-state index is -1.51. The van der Waals surface area contributed by atoms with Crippen molar-refractivity contribution in [2.45, 2.75) is 56.9 Å². The molecule has 0 radical (unpaired) electrons. The SMILES string of the molecule is COC(=O)[C@]1(COCc2ccccc2)OC2OC(C)(C)OC2C1OCc1ccccc1. The molecule has 7 nitrogen and oxygen atoms in total. The Kier molecular flexibility index (Phi) is 6.41. The second-order valence-corrected chi connectivity index (χ2v) is 8.16. The van der Waals surface area contributed by atoms with Crippen LogP contribution in [0.25, 0.3) is 0 Å². The Balaban J connectivity index is 1.56. The molecule has 2 aromatic rings. The van der Waals surface area contributed by atoms with Gasteiger partial charge in [-0.2, -0.15) is 0 Å². The molecule has 0 spiro atoms. The highest BCUT2D eigenvalue weighted by Crippen LogP contribution is 2.44. The van der Waals surface area contributed by atoms with E-state index in [0.29, 0.717) is 6.61 Å². The van der Waals surface area contributed by atoms with Crippen LogP contribution in [-0.2, 0) is 46.4 Å². The monoisotopic (exact) mass is 428 g/mol. The molecule has 166 valence electrons. The van der Waals surface area contributed by atoms with E-state index in [4.69, 9.17) is 28.4 Å². The fraction of sp³-hybridized carbons (Fsp3) is 0.458. The number of ether oxygens (including phenoxy) is 6. The van der Waals surface area contributed by atoms with Gasteiger partial charge in [0.25, 0.3) is 0 Å². The van der Waals surface area contributed by atoms with Gasteiger partial charge in [0.15, 0.2) is 12.1 Å². The predicted molar refractivity (Wildman–Crippen MR) is 111 cm³/mol. The average molecular weight is 428 g/mol. The van der Waals surface area contributed by atoms with E-state index in [9.17, 15) is 4.79 Å². The zero-order valence-corrected chi connectivity index (χ0v) is 18.0. The van der Waals surface area contributed by atoms with E-state index in [1.165, 1.54) is 7.11 Å². The van der Waals surface area contributed by atoms with Gasteiger partial charge in [0.1, 0.15) is 12.2 Å². The van der Waals surface area contributed by atoms with Crippen LogP contribution in [0.2, 0.25) is 0 Å². The Morgan fingerprint density at radius 2 is 1.52 bits per heavy atom. The summed E-state index contributed by atoms with van der Waals surface area (Å²) in [5.41, 5.74) is 0.439. The van der Waals surface area contributed by atoms with Crippen molar-refractivity contribution in [2.24, 2.45) is 0 Å². The van der Waals surface area contributed by atoms with Gasteiger partial charge >= 0.3 is 5.97 Å². The molecule has 4 rings (SSSR count). The lowest BCUT2D eigenvalue weighted by Gasteiger charge is -2.34. The van der Waals surface area contributed by atoms with Gasteiger partial charge in [0.05, 0.1) is 26.9 Å². The first-order valence-electron chi connectivity index (χ1n) is 10.3. The highest BCUT2D eigenvalue weighted by atomic mass is 16.9. The zero-order chi connectivity index (χ0) is 21.9. The number of esters is 1. The molecular formula is C24H28O7. The van der Waals surface area contributed by atoms with E-state index in [1.54, 1.807) is 13.8 Å². The lowest BCUT2D eigenvalue weighted by molar-refractivity contribution is -0.257. The van der Waals surface area contributed by atoms with Crippen LogP contribution in [0.1, 0.15) is 25.0 Å². The lowest BCUT2D eigenvalue weighted by atomic mass is 9.95. The molecule has 2 heterocycles. The summed E-state index contributed by atoms with van der Waals surface area (Å²) < 4.78 is 35.3. The Morgan fingerprint density at radius 1 is 0.903 bits per heavy atom. The molecule has 0 aliphatic carbocycles. The van der Waals surface area contributed by atoms with E-state index in [1.807, 2.05) is 60.7 Å². The third-order valence-electron chi connectivity index (χ3n) is 5.40. The van der Waals surface area contributed by atoms with Crippen molar-refractivity contribution in [3.8, 4) is 0 Å². The molecule has 4 atom stereocenters. The van der Waals surface area contributed by atoms with Crippen LogP contribution in [0.5, 0.6) is 0 Å². The number of carbonyl (C=O) groups excluding carboxylic acids is 1. The molecule has 31 heavy (non-hydrogen) atoms. The summed E-state index contributed by atoms with van der Waals surface area (Å²) in [4.78, 5) is 13.0. The van der Waals surface area contributed by atoms with Gasteiger partial charge in [-0.1, -0.05) is 60.7 Å². The van der Waals surface area contributed by atoms with Crippen molar-refractivity contribution >= 4 is 5.97 Å². The standard InChI is InChI=1S/C24H28O7/c1-23(2)29-19-20(28-15-18-12-8-5-9-13-18)24(22(25)26-3,31-21(19)30-23)16-27-14-17-10-6-4-7-11-17/h4-13,19-21H,14-16H2,1-3H3/t19?,20?,21?,24-/m1/s1. The largest absolute Gasteiger partial charge is 0.467 e. The van der Waals surface area contributed by atoms with Crippen LogP contribution in [-0.4, -0.2) is 49.6 Å². The number of fused-ring (bicyclic) bond motifs is 1. The maximum absolute atomic E-state index is 13.0. The Labute approximate surface area is 182 Å². The van der Waals surface area contributed by atoms with Gasteiger partial charge in [-0.15, -0.1) is 0 Å². The minimum Gasteiger partial charge on any atom is -0.467 e. The van der Waals surface area contributed by atoms with E-state index in [-0.39, 0.29) is 13.2 Å². The quantitative estimate of drug-likeness (QED) is 0.598. The first kappa shape index (κ1) is 21.9. The summed E-state index contributed by atoms with van der Waals surface area (Å²) >= 11 is 0. The first-order chi connectivity index (χ1) is 14.9. The van der Waals surface area contributed by atoms with Crippen molar-refractivity contribution in [3.05, 3.63) is 71.8 Å². The number of rotatable bonds is 8. The third kappa shape index (κ3) is 4.66. The molecule has 7 heteroatoms. The van der Waals surface area contributed by atoms with Crippen molar-refractivity contribution in [1.82, 2.24) is 0 Å². The second kappa shape index (κ2) is 9.06. The number of methoxy groups -OCH3 is 1. The molecular weight excluding hydrogens is 400 g/mol. The number of hydrogen-bond acceptors (Lipinski definition) is 7. The van der Waals surface area contributed by atoms with Crippen molar-refractivity contribution < 1.29 is 33.2 Å². The molecule has 2 saturated heterocycles. The summed E-state index contributed by atoms with van der Waals surface area (Å²) in [5.74, 6) is -1.44. The third-order valence-corrected chi connectivity index (χ3v) is 5.40. The van der Waals surface area contributed by atoms with Crippen LogP contribution < -0.4 is 0 Å². The minimum absolute atomic E-state index is 0.0613. The summed E-state index contributed by atoms with van der Waals surface area (Å²) in [6.45, 7) is 4.13. The number of carbonyl (C=O) groups is 1. The normalized spacial score (nSPS) is 28.9. The highest BCUT2D eigenvalue weighted by molar-refractivity contribution is 5.81. The van der Waals surface area contributed by atoms with Crippen molar-refractivity contribution in [3.63, 3.8) is 0 Å². The molecule has 2 aliphatic heterocycles. The van der Waals surface area contributed by atoms with Crippen molar-refractivity contribution in [1.29, 1.82) is 0 Å². The van der Waals surface area contributed by atoms with Crippen LogP contribution in [0, 0.1) is 0 Å². The number of hydrogen-bond donors (Lipinski definition) is 0. The van der Waals surface area contributed by atoms with E-state index < -0.39 is 35.9 Å². The van der Waals surface area contributed by atoms with Gasteiger partial charge in [0, 0.05) is 0 Å². The Morgan fingerprint density at radius 3 is 2.13 bits per heavy atom. The molecule has 2 aliphatic rings. The molecule has 2 fully saturated rings. The van der Waals surface area contributed by atoms with Gasteiger partial charge in [-0.25, -0.2) is 4.79 Å². The van der Waals surface area contributed by atoms with Crippen LogP contribution in [0.15, 0.2) is 60.7 Å². The van der Waals surface area contributed by atoms with E-state index >= 15 is 0 Å². The maximum atomic E-state index is 13.0. The van der Waals surface area contributed by atoms with Crippen LogP contribution in [0.3, 0.4) is 0 Å². The predicted octanol–water partition coefficient (Wildman–Crippen LogP) is 3.21. The molecule has 0 saturated carbocycles. The number of benzene rings is 2. The van der Waals surface area contributed by atoms with Crippen molar-refractivity contribution in [2.75, 3.05) is 13.7 Å². The van der Waals surface area contributed by atoms with Gasteiger partial charge in [-0.3, -0.25) is 0 Å². The average Bonchev–Trinajstić information content (AvgIpc) is 3.22. The van der Waals surface area contributed by atoms with Crippen LogP contribution >= 0.6 is 0 Å².